The highest BCUT2D eigenvalue weighted by Gasteiger charge is 2.17. The molecular weight excluding hydrogens is 208 g/mol. The van der Waals surface area contributed by atoms with Crippen molar-refractivity contribution in [1.82, 2.24) is 0 Å². The van der Waals surface area contributed by atoms with E-state index in [1.165, 1.54) is 6.07 Å². The third-order valence-corrected chi connectivity index (χ3v) is 2.26. The van der Waals surface area contributed by atoms with Gasteiger partial charge in [0.1, 0.15) is 11.6 Å². The van der Waals surface area contributed by atoms with E-state index >= 15 is 0 Å². The Bertz CT molecular complexity index is 339. The molecule has 0 aliphatic carbocycles. The number of nitriles is 1. The molecule has 0 amide bonds. The van der Waals surface area contributed by atoms with Gasteiger partial charge in [0.05, 0.1) is 11.4 Å². The number of rotatable bonds is 3. The summed E-state index contributed by atoms with van der Waals surface area (Å²) in [6.07, 6.45) is 0.428. The van der Waals surface area contributed by atoms with Gasteiger partial charge in [0.25, 0.3) is 0 Å². The number of hydrogen-bond donors (Lipinski definition) is 0. The number of halogens is 3. The Kier molecular flexibility index (Phi) is 3.84. The summed E-state index contributed by atoms with van der Waals surface area (Å²) in [7, 11) is 0. The lowest BCUT2D eigenvalue weighted by Crippen LogP contribution is -1.98. The average Bonchev–Trinajstić information content (AvgIpc) is 2.14. The largest absolute Gasteiger partial charge is 0.207 e. The molecule has 0 N–H and O–H groups in total. The molecule has 0 heterocycles. The Labute approximate surface area is 85.9 Å². The molecule has 0 spiro atoms. The van der Waals surface area contributed by atoms with E-state index in [-0.39, 0.29) is 18.4 Å². The van der Waals surface area contributed by atoms with Crippen LogP contribution >= 0.6 is 11.6 Å². The van der Waals surface area contributed by atoms with Crippen molar-refractivity contribution >= 4 is 11.6 Å². The van der Waals surface area contributed by atoms with Gasteiger partial charge in [-0.1, -0.05) is 6.07 Å². The van der Waals surface area contributed by atoms with Gasteiger partial charge in [0, 0.05) is 12.0 Å². The van der Waals surface area contributed by atoms with Crippen molar-refractivity contribution in [2.24, 2.45) is 0 Å². The van der Waals surface area contributed by atoms with Crippen molar-refractivity contribution in [3.8, 4) is 6.07 Å². The molecule has 0 bridgehead atoms. The lowest BCUT2D eigenvalue weighted by Gasteiger charge is -2.09. The minimum absolute atomic E-state index is 0.149. The fourth-order valence-electron chi connectivity index (χ4n) is 1.15. The van der Waals surface area contributed by atoms with Gasteiger partial charge < -0.3 is 0 Å². The third kappa shape index (κ3) is 2.43. The predicted octanol–water partition coefficient (Wildman–Crippen LogP) is 3.55. The van der Waals surface area contributed by atoms with E-state index in [0.717, 1.165) is 12.1 Å². The maximum Gasteiger partial charge on any atom is 0.130 e. The van der Waals surface area contributed by atoms with Gasteiger partial charge in [-0.3, -0.25) is 0 Å². The fourth-order valence-corrected chi connectivity index (χ4v) is 1.46. The van der Waals surface area contributed by atoms with Crippen LogP contribution < -0.4 is 0 Å². The van der Waals surface area contributed by atoms with Gasteiger partial charge in [0.2, 0.25) is 0 Å². The zero-order valence-corrected chi connectivity index (χ0v) is 8.06. The SMILES string of the molecule is N#CCCC(Cl)c1c(F)cccc1F. The number of benzene rings is 1. The van der Waals surface area contributed by atoms with E-state index < -0.39 is 17.0 Å². The minimum Gasteiger partial charge on any atom is -0.207 e. The summed E-state index contributed by atoms with van der Waals surface area (Å²) in [5.74, 6) is -1.33. The molecule has 1 aromatic carbocycles. The molecule has 1 nitrogen and oxygen atoms in total. The standard InChI is InChI=1S/C10H8ClF2N/c11-7(3-2-6-14)10-8(12)4-1-5-9(10)13/h1,4-5,7H,2-3H2. The first-order valence-corrected chi connectivity index (χ1v) is 4.55. The molecule has 74 valence electrons. The van der Waals surface area contributed by atoms with Crippen molar-refractivity contribution in [3.05, 3.63) is 35.4 Å². The molecule has 4 heteroatoms. The van der Waals surface area contributed by atoms with E-state index in [1.54, 1.807) is 0 Å². The Balaban J connectivity index is 2.89. The molecule has 0 radical (unpaired) electrons. The van der Waals surface area contributed by atoms with Crippen molar-refractivity contribution < 1.29 is 8.78 Å². The number of alkyl halides is 1. The molecule has 1 unspecified atom stereocenters. The molecule has 0 aliphatic heterocycles. The molecular formula is C10H8ClF2N. The Hall–Kier alpha value is -1.14. The summed E-state index contributed by atoms with van der Waals surface area (Å²) in [4.78, 5) is 0. The highest BCUT2D eigenvalue weighted by atomic mass is 35.5. The molecule has 0 aliphatic rings. The summed E-state index contributed by atoms with van der Waals surface area (Å²) < 4.78 is 26.2. The third-order valence-electron chi connectivity index (χ3n) is 1.82. The molecule has 14 heavy (non-hydrogen) atoms. The second kappa shape index (κ2) is 4.92. The average molecular weight is 216 g/mol. The lowest BCUT2D eigenvalue weighted by atomic mass is 10.1. The van der Waals surface area contributed by atoms with E-state index in [1.807, 2.05) is 6.07 Å². The van der Waals surface area contributed by atoms with Crippen LogP contribution in [0.2, 0.25) is 0 Å². The van der Waals surface area contributed by atoms with Crippen LogP contribution in [0.25, 0.3) is 0 Å². The summed E-state index contributed by atoms with van der Waals surface area (Å²) >= 11 is 5.76. The van der Waals surface area contributed by atoms with Crippen molar-refractivity contribution in [2.75, 3.05) is 0 Å². The summed E-state index contributed by atoms with van der Waals surface area (Å²) in [6, 6.07) is 5.46. The topological polar surface area (TPSA) is 23.8 Å². The second-order valence-electron chi connectivity index (χ2n) is 2.80. The van der Waals surface area contributed by atoms with Crippen LogP contribution in [0.4, 0.5) is 8.78 Å². The highest BCUT2D eigenvalue weighted by Crippen LogP contribution is 2.29. The maximum atomic E-state index is 13.1. The van der Waals surface area contributed by atoms with Gasteiger partial charge in [-0.2, -0.15) is 5.26 Å². The van der Waals surface area contributed by atoms with Crippen LogP contribution in [0.5, 0.6) is 0 Å². The quantitative estimate of drug-likeness (QED) is 0.708. The van der Waals surface area contributed by atoms with Crippen LogP contribution in [0.15, 0.2) is 18.2 Å². The van der Waals surface area contributed by atoms with Gasteiger partial charge in [-0.05, 0) is 18.6 Å². The maximum absolute atomic E-state index is 13.1. The van der Waals surface area contributed by atoms with E-state index in [4.69, 9.17) is 16.9 Å². The highest BCUT2D eigenvalue weighted by molar-refractivity contribution is 6.20. The Morgan fingerprint density at radius 3 is 2.43 bits per heavy atom. The first-order chi connectivity index (χ1) is 6.66. The minimum atomic E-state index is -0.782. The van der Waals surface area contributed by atoms with Gasteiger partial charge in [-0.15, -0.1) is 11.6 Å². The van der Waals surface area contributed by atoms with Gasteiger partial charge in [0.15, 0.2) is 0 Å². The van der Waals surface area contributed by atoms with Crippen LogP contribution in [0, 0.1) is 23.0 Å². The lowest BCUT2D eigenvalue weighted by molar-refractivity contribution is 0.546. The summed E-state index contributed by atoms with van der Waals surface area (Å²) in [6.45, 7) is 0. The summed E-state index contributed by atoms with van der Waals surface area (Å²) in [5, 5.41) is 7.52. The molecule has 1 atom stereocenters. The van der Waals surface area contributed by atoms with Crippen LogP contribution in [0.1, 0.15) is 23.8 Å². The number of hydrogen-bond acceptors (Lipinski definition) is 1. The van der Waals surface area contributed by atoms with E-state index in [2.05, 4.69) is 0 Å². The van der Waals surface area contributed by atoms with Crippen molar-refractivity contribution in [3.63, 3.8) is 0 Å². The monoisotopic (exact) mass is 215 g/mol. The van der Waals surface area contributed by atoms with Crippen LogP contribution in [-0.4, -0.2) is 0 Å². The number of nitrogens with zero attached hydrogens (tertiary/aromatic N) is 1. The predicted molar refractivity (Wildman–Crippen MR) is 49.8 cm³/mol. The smallest absolute Gasteiger partial charge is 0.130 e. The van der Waals surface area contributed by atoms with Gasteiger partial charge >= 0.3 is 0 Å². The van der Waals surface area contributed by atoms with Crippen LogP contribution in [0.3, 0.4) is 0 Å². The Morgan fingerprint density at radius 2 is 1.93 bits per heavy atom. The summed E-state index contributed by atoms with van der Waals surface area (Å²) in [5.41, 5.74) is -0.149. The molecule has 1 rings (SSSR count). The van der Waals surface area contributed by atoms with E-state index in [0.29, 0.717) is 0 Å². The molecule has 0 saturated carbocycles. The van der Waals surface area contributed by atoms with Crippen LogP contribution in [-0.2, 0) is 0 Å². The van der Waals surface area contributed by atoms with Crippen molar-refractivity contribution in [2.45, 2.75) is 18.2 Å². The molecule has 0 aromatic heterocycles. The van der Waals surface area contributed by atoms with Crippen molar-refractivity contribution in [1.29, 1.82) is 5.26 Å². The normalized spacial score (nSPS) is 12.1. The first kappa shape index (κ1) is 10.9. The molecule has 1 aromatic rings. The zero-order chi connectivity index (χ0) is 10.6. The fraction of sp³-hybridized carbons (Fsp3) is 0.300. The Morgan fingerprint density at radius 1 is 1.36 bits per heavy atom. The molecule has 0 saturated heterocycles. The molecule has 0 fully saturated rings. The van der Waals surface area contributed by atoms with Gasteiger partial charge in [-0.25, -0.2) is 8.78 Å². The zero-order valence-electron chi connectivity index (χ0n) is 7.30. The second-order valence-corrected chi connectivity index (χ2v) is 3.33. The van der Waals surface area contributed by atoms with E-state index in [9.17, 15) is 8.78 Å². The first-order valence-electron chi connectivity index (χ1n) is 4.11.